The van der Waals surface area contributed by atoms with Crippen molar-refractivity contribution < 1.29 is 14.3 Å². The van der Waals surface area contributed by atoms with Crippen molar-refractivity contribution in [2.75, 3.05) is 26.3 Å². The van der Waals surface area contributed by atoms with Crippen LogP contribution in [0.1, 0.15) is 23.2 Å². The molecule has 4 heterocycles. The first-order valence-corrected chi connectivity index (χ1v) is 8.19. The van der Waals surface area contributed by atoms with Gasteiger partial charge in [0, 0.05) is 50.1 Å². The molecular formula is C18H19N3O3. The zero-order valence-corrected chi connectivity index (χ0v) is 13.4. The summed E-state index contributed by atoms with van der Waals surface area (Å²) in [5, 5.41) is 0. The van der Waals surface area contributed by atoms with Gasteiger partial charge in [-0.25, -0.2) is 0 Å². The largest absolute Gasteiger partial charge is 0.347 e. The lowest BCUT2D eigenvalue weighted by Gasteiger charge is -2.37. The van der Waals surface area contributed by atoms with E-state index in [1.807, 2.05) is 29.2 Å². The van der Waals surface area contributed by atoms with E-state index in [9.17, 15) is 4.79 Å². The summed E-state index contributed by atoms with van der Waals surface area (Å²) < 4.78 is 11.4. The number of aromatic nitrogens is 2. The number of ether oxygens (including phenoxy) is 2. The molecule has 2 aromatic rings. The van der Waals surface area contributed by atoms with Crippen molar-refractivity contribution in [3.05, 3.63) is 48.4 Å². The lowest BCUT2D eigenvalue weighted by atomic mass is 10.0. The number of likely N-dealkylation sites (tertiary alicyclic amines) is 1. The van der Waals surface area contributed by atoms with E-state index in [0.717, 1.165) is 24.1 Å². The first-order valence-electron chi connectivity index (χ1n) is 8.19. The first kappa shape index (κ1) is 15.2. The van der Waals surface area contributed by atoms with Crippen LogP contribution in [0.5, 0.6) is 0 Å². The molecule has 124 valence electrons. The van der Waals surface area contributed by atoms with Crippen LogP contribution in [0.15, 0.2) is 42.9 Å². The molecule has 2 aliphatic heterocycles. The van der Waals surface area contributed by atoms with Gasteiger partial charge in [-0.05, 0) is 24.3 Å². The molecule has 4 rings (SSSR count). The Balaban J connectivity index is 1.43. The van der Waals surface area contributed by atoms with E-state index >= 15 is 0 Å². The molecule has 6 nitrogen and oxygen atoms in total. The predicted molar refractivity (Wildman–Crippen MR) is 87.2 cm³/mol. The lowest BCUT2D eigenvalue weighted by Crippen LogP contribution is -2.47. The topological polar surface area (TPSA) is 64.6 Å². The third-order valence-corrected chi connectivity index (χ3v) is 4.59. The molecule has 24 heavy (non-hydrogen) atoms. The zero-order chi connectivity index (χ0) is 16.4. The molecular weight excluding hydrogens is 306 g/mol. The summed E-state index contributed by atoms with van der Waals surface area (Å²) in [6.45, 7) is 2.58. The number of rotatable bonds is 2. The van der Waals surface area contributed by atoms with Gasteiger partial charge in [0.05, 0.1) is 24.5 Å². The molecule has 0 radical (unpaired) electrons. The van der Waals surface area contributed by atoms with Crippen molar-refractivity contribution in [1.82, 2.24) is 14.9 Å². The zero-order valence-electron chi connectivity index (χ0n) is 13.4. The Labute approximate surface area is 140 Å². The molecule has 1 spiro atoms. The van der Waals surface area contributed by atoms with E-state index in [-0.39, 0.29) is 5.91 Å². The van der Waals surface area contributed by atoms with Crippen LogP contribution in [0, 0.1) is 0 Å². The summed E-state index contributed by atoms with van der Waals surface area (Å²) >= 11 is 0. The number of pyridine rings is 2. The van der Waals surface area contributed by atoms with Crippen LogP contribution >= 0.6 is 0 Å². The number of hydrogen-bond acceptors (Lipinski definition) is 5. The number of piperidine rings is 1. The van der Waals surface area contributed by atoms with Crippen molar-refractivity contribution in [2.45, 2.75) is 18.6 Å². The van der Waals surface area contributed by atoms with Gasteiger partial charge in [0.1, 0.15) is 0 Å². The van der Waals surface area contributed by atoms with Gasteiger partial charge in [0.2, 0.25) is 0 Å². The van der Waals surface area contributed by atoms with Crippen molar-refractivity contribution in [2.24, 2.45) is 0 Å². The summed E-state index contributed by atoms with van der Waals surface area (Å²) in [6, 6.07) is 7.50. The highest BCUT2D eigenvalue weighted by atomic mass is 16.7. The second kappa shape index (κ2) is 6.30. The Bertz CT molecular complexity index is 702. The van der Waals surface area contributed by atoms with Gasteiger partial charge in [0.25, 0.3) is 5.91 Å². The van der Waals surface area contributed by atoms with E-state index in [0.29, 0.717) is 31.9 Å². The fraction of sp³-hybridized carbons (Fsp3) is 0.389. The van der Waals surface area contributed by atoms with Crippen molar-refractivity contribution in [1.29, 1.82) is 0 Å². The smallest absolute Gasteiger partial charge is 0.255 e. The van der Waals surface area contributed by atoms with Crippen LogP contribution in [0.2, 0.25) is 0 Å². The highest BCUT2D eigenvalue weighted by Gasteiger charge is 2.40. The second-order valence-electron chi connectivity index (χ2n) is 6.07. The lowest BCUT2D eigenvalue weighted by molar-refractivity contribution is -0.181. The van der Waals surface area contributed by atoms with Crippen LogP contribution in [-0.2, 0) is 9.47 Å². The van der Waals surface area contributed by atoms with Gasteiger partial charge in [-0.2, -0.15) is 0 Å². The molecule has 0 unspecified atom stereocenters. The minimum atomic E-state index is -0.459. The van der Waals surface area contributed by atoms with Crippen LogP contribution in [0.3, 0.4) is 0 Å². The SMILES string of the molecule is O=C(c1ccc(-c2cccnc2)nc1)N1CCC2(CC1)OCCO2. The molecule has 6 heteroatoms. The third kappa shape index (κ3) is 2.90. The average molecular weight is 325 g/mol. The van der Waals surface area contributed by atoms with Crippen LogP contribution in [-0.4, -0.2) is 52.9 Å². The molecule has 0 aromatic carbocycles. The van der Waals surface area contributed by atoms with E-state index < -0.39 is 5.79 Å². The van der Waals surface area contributed by atoms with Gasteiger partial charge in [0.15, 0.2) is 5.79 Å². The minimum Gasteiger partial charge on any atom is -0.347 e. The Morgan fingerprint density at radius 2 is 1.88 bits per heavy atom. The number of amides is 1. The Morgan fingerprint density at radius 1 is 1.08 bits per heavy atom. The van der Waals surface area contributed by atoms with Crippen molar-refractivity contribution in [3.63, 3.8) is 0 Å². The summed E-state index contributed by atoms with van der Waals surface area (Å²) in [4.78, 5) is 23.0. The molecule has 0 aliphatic carbocycles. The molecule has 2 aromatic heterocycles. The average Bonchev–Trinajstić information content (AvgIpc) is 3.11. The highest BCUT2D eigenvalue weighted by Crippen LogP contribution is 2.31. The highest BCUT2D eigenvalue weighted by molar-refractivity contribution is 5.94. The second-order valence-corrected chi connectivity index (χ2v) is 6.07. The predicted octanol–water partition coefficient (Wildman–Crippen LogP) is 2.12. The molecule has 2 fully saturated rings. The van der Waals surface area contributed by atoms with Crippen molar-refractivity contribution in [3.8, 4) is 11.3 Å². The van der Waals surface area contributed by atoms with E-state index in [1.54, 1.807) is 18.6 Å². The minimum absolute atomic E-state index is 0.00748. The summed E-state index contributed by atoms with van der Waals surface area (Å²) in [7, 11) is 0. The fourth-order valence-corrected chi connectivity index (χ4v) is 3.22. The van der Waals surface area contributed by atoms with Gasteiger partial charge in [-0.1, -0.05) is 0 Å². The number of nitrogens with zero attached hydrogens (tertiary/aromatic N) is 3. The van der Waals surface area contributed by atoms with Crippen LogP contribution in [0.25, 0.3) is 11.3 Å². The summed E-state index contributed by atoms with van der Waals surface area (Å²) in [6.07, 6.45) is 6.56. The molecule has 0 bridgehead atoms. The van der Waals surface area contributed by atoms with E-state index in [2.05, 4.69) is 9.97 Å². The Hall–Kier alpha value is -2.31. The maximum atomic E-state index is 12.6. The fourth-order valence-electron chi connectivity index (χ4n) is 3.22. The maximum Gasteiger partial charge on any atom is 0.255 e. The summed E-state index contributed by atoms with van der Waals surface area (Å²) in [5.74, 6) is -0.452. The Kier molecular flexibility index (Phi) is 4.00. The maximum absolute atomic E-state index is 12.6. The van der Waals surface area contributed by atoms with Crippen molar-refractivity contribution >= 4 is 5.91 Å². The number of carbonyl (C=O) groups is 1. The van der Waals surface area contributed by atoms with Gasteiger partial charge < -0.3 is 14.4 Å². The Morgan fingerprint density at radius 3 is 2.50 bits per heavy atom. The third-order valence-electron chi connectivity index (χ3n) is 4.59. The van der Waals surface area contributed by atoms with Gasteiger partial charge in [-0.15, -0.1) is 0 Å². The van der Waals surface area contributed by atoms with E-state index in [1.165, 1.54) is 0 Å². The molecule has 0 N–H and O–H groups in total. The molecule has 0 atom stereocenters. The number of carbonyl (C=O) groups excluding carboxylic acids is 1. The van der Waals surface area contributed by atoms with Gasteiger partial charge >= 0.3 is 0 Å². The standard InChI is InChI=1S/C18H19N3O3/c22-17(21-8-5-18(6-9-21)23-10-11-24-18)15-3-4-16(20-13-15)14-2-1-7-19-12-14/h1-4,7,12-13H,5-6,8-11H2. The summed E-state index contributed by atoms with van der Waals surface area (Å²) in [5.41, 5.74) is 2.35. The van der Waals surface area contributed by atoms with E-state index in [4.69, 9.17) is 9.47 Å². The van der Waals surface area contributed by atoms with Crippen LogP contribution in [0.4, 0.5) is 0 Å². The molecule has 2 saturated heterocycles. The first-order chi connectivity index (χ1) is 11.8. The van der Waals surface area contributed by atoms with Crippen LogP contribution < -0.4 is 0 Å². The number of hydrogen-bond donors (Lipinski definition) is 0. The quantitative estimate of drug-likeness (QED) is 0.846. The normalized spacial score (nSPS) is 19.6. The van der Waals surface area contributed by atoms with Gasteiger partial charge in [-0.3, -0.25) is 14.8 Å². The molecule has 2 aliphatic rings. The molecule has 1 amide bonds. The molecule has 0 saturated carbocycles. The monoisotopic (exact) mass is 325 g/mol.